The number of likely N-dealkylation sites (tertiary alicyclic amines) is 1. The number of carbonyl (C=O) groups excluding carboxylic acids is 2. The lowest BCUT2D eigenvalue weighted by Crippen LogP contribution is -2.54. The Bertz CT molecular complexity index is 561. The minimum atomic E-state index is -4.41. The Morgan fingerprint density at radius 1 is 1.28 bits per heavy atom. The van der Waals surface area contributed by atoms with E-state index in [1.54, 1.807) is 20.8 Å². The molecule has 7 nitrogen and oxygen atoms in total. The van der Waals surface area contributed by atoms with E-state index < -0.39 is 41.2 Å². The average Bonchev–Trinajstić information content (AvgIpc) is 3.14. The molecule has 0 aromatic carbocycles. The smallest absolute Gasteiger partial charge is 0.410 e. The molecule has 142 valence electrons. The molecule has 0 aromatic heterocycles. The van der Waals surface area contributed by atoms with Gasteiger partial charge in [-0.05, 0) is 33.6 Å². The number of nitrogens with two attached hydrogens (primary N) is 1. The quantitative estimate of drug-likeness (QED) is 0.467. The van der Waals surface area contributed by atoms with Crippen molar-refractivity contribution < 1.29 is 32.3 Å². The molecule has 1 saturated carbocycles. The Kier molecular flexibility index (Phi) is 5.04. The number of oxime groups is 1. The van der Waals surface area contributed by atoms with Gasteiger partial charge in [0.2, 0.25) is 0 Å². The van der Waals surface area contributed by atoms with Crippen LogP contribution in [0.2, 0.25) is 0 Å². The Balaban J connectivity index is 1.75. The fraction of sp³-hybridized carbons (Fsp3) is 0.800. The molecule has 1 aliphatic heterocycles. The van der Waals surface area contributed by atoms with Gasteiger partial charge < -0.3 is 20.2 Å². The van der Waals surface area contributed by atoms with Gasteiger partial charge in [0.1, 0.15) is 5.60 Å². The van der Waals surface area contributed by atoms with Gasteiger partial charge in [-0.2, -0.15) is 13.2 Å². The molecular weight excluding hydrogens is 343 g/mol. The van der Waals surface area contributed by atoms with Gasteiger partial charge in [0.15, 0.2) is 0 Å². The Hall–Kier alpha value is -1.84. The van der Waals surface area contributed by atoms with E-state index in [0.717, 1.165) is 6.21 Å². The number of ether oxygens (including phenoxy) is 1. The average molecular weight is 365 g/mol. The zero-order valence-corrected chi connectivity index (χ0v) is 14.3. The molecule has 0 bridgehead atoms. The number of nitrogens with zero attached hydrogens (tertiary/aromatic N) is 2. The molecule has 1 heterocycles. The van der Waals surface area contributed by atoms with E-state index in [4.69, 9.17) is 10.5 Å². The summed E-state index contributed by atoms with van der Waals surface area (Å²) in [7, 11) is 0. The highest BCUT2D eigenvalue weighted by Crippen LogP contribution is 2.59. The second kappa shape index (κ2) is 6.47. The van der Waals surface area contributed by atoms with Crippen LogP contribution in [-0.2, 0) is 14.4 Å². The third-order valence-corrected chi connectivity index (χ3v) is 4.22. The molecule has 25 heavy (non-hydrogen) atoms. The molecule has 0 radical (unpaired) electrons. The van der Waals surface area contributed by atoms with Crippen molar-refractivity contribution in [3.63, 3.8) is 0 Å². The van der Waals surface area contributed by atoms with Crippen molar-refractivity contribution in [2.75, 3.05) is 13.1 Å². The maximum absolute atomic E-state index is 12.9. The summed E-state index contributed by atoms with van der Waals surface area (Å²) in [5, 5.41) is 3.29. The molecule has 1 amide bonds. The maximum atomic E-state index is 12.9. The summed E-state index contributed by atoms with van der Waals surface area (Å²) >= 11 is 0. The minimum Gasteiger partial charge on any atom is -0.444 e. The van der Waals surface area contributed by atoms with Gasteiger partial charge in [-0.1, -0.05) is 5.16 Å². The van der Waals surface area contributed by atoms with E-state index in [-0.39, 0.29) is 25.9 Å². The number of halogens is 3. The number of hydrogen-bond donors (Lipinski definition) is 1. The molecule has 0 unspecified atom stereocenters. The first-order valence-corrected chi connectivity index (χ1v) is 7.90. The third-order valence-electron chi connectivity index (χ3n) is 4.22. The van der Waals surface area contributed by atoms with Crippen LogP contribution in [0.5, 0.6) is 0 Å². The number of alkyl halides is 3. The third kappa shape index (κ3) is 4.42. The Morgan fingerprint density at radius 2 is 1.84 bits per heavy atom. The molecule has 2 rings (SSSR count). The first-order valence-electron chi connectivity index (χ1n) is 7.90. The first-order chi connectivity index (χ1) is 11.4. The largest absolute Gasteiger partial charge is 0.444 e. The van der Waals surface area contributed by atoms with E-state index in [9.17, 15) is 22.8 Å². The monoisotopic (exact) mass is 365 g/mol. The normalized spacial score (nSPS) is 21.6. The van der Waals surface area contributed by atoms with Crippen LogP contribution in [0.3, 0.4) is 0 Å². The van der Waals surface area contributed by atoms with E-state index in [2.05, 4.69) is 9.99 Å². The lowest BCUT2D eigenvalue weighted by atomic mass is 9.98. The van der Waals surface area contributed by atoms with Crippen LogP contribution in [0.1, 0.15) is 33.6 Å². The van der Waals surface area contributed by atoms with Crippen molar-refractivity contribution in [1.82, 2.24) is 4.90 Å². The molecule has 1 aliphatic carbocycles. The van der Waals surface area contributed by atoms with Crippen LogP contribution in [0, 0.1) is 11.3 Å². The summed E-state index contributed by atoms with van der Waals surface area (Å²) in [4.78, 5) is 29.4. The van der Waals surface area contributed by atoms with Crippen LogP contribution in [0.15, 0.2) is 5.16 Å². The van der Waals surface area contributed by atoms with Crippen molar-refractivity contribution in [2.24, 2.45) is 22.2 Å². The summed E-state index contributed by atoms with van der Waals surface area (Å²) in [5.41, 5.74) is 2.90. The fourth-order valence-corrected chi connectivity index (χ4v) is 2.41. The summed E-state index contributed by atoms with van der Waals surface area (Å²) < 4.78 is 43.7. The van der Waals surface area contributed by atoms with Crippen LogP contribution in [0.25, 0.3) is 0 Å². The summed E-state index contributed by atoms with van der Waals surface area (Å²) in [6.45, 7) is 5.40. The van der Waals surface area contributed by atoms with E-state index in [0.29, 0.717) is 0 Å². The van der Waals surface area contributed by atoms with Crippen molar-refractivity contribution in [3.05, 3.63) is 0 Å². The zero-order valence-electron chi connectivity index (χ0n) is 14.3. The van der Waals surface area contributed by atoms with Crippen molar-refractivity contribution in [2.45, 2.75) is 51.4 Å². The first kappa shape index (κ1) is 19.5. The summed E-state index contributed by atoms with van der Waals surface area (Å²) in [5.74, 6) is -1.31. The van der Waals surface area contributed by atoms with Crippen LogP contribution in [0.4, 0.5) is 18.0 Å². The van der Waals surface area contributed by atoms with Gasteiger partial charge in [-0.15, -0.1) is 0 Å². The lowest BCUT2D eigenvalue weighted by molar-refractivity contribution is -0.187. The van der Waals surface area contributed by atoms with Gasteiger partial charge in [-0.3, -0.25) is 0 Å². The minimum absolute atomic E-state index is 0.0644. The van der Waals surface area contributed by atoms with Gasteiger partial charge >= 0.3 is 18.2 Å². The number of amides is 1. The van der Waals surface area contributed by atoms with Gasteiger partial charge in [0, 0.05) is 13.1 Å². The topological polar surface area (TPSA) is 94.2 Å². The van der Waals surface area contributed by atoms with Crippen LogP contribution < -0.4 is 5.73 Å². The zero-order chi connectivity index (χ0) is 19.0. The molecule has 2 aliphatic rings. The van der Waals surface area contributed by atoms with Gasteiger partial charge in [0.05, 0.1) is 23.6 Å². The number of hydrogen-bond acceptors (Lipinski definition) is 6. The van der Waals surface area contributed by atoms with E-state index >= 15 is 0 Å². The van der Waals surface area contributed by atoms with Gasteiger partial charge in [0.25, 0.3) is 0 Å². The molecule has 10 heteroatoms. The van der Waals surface area contributed by atoms with Crippen molar-refractivity contribution in [3.8, 4) is 0 Å². The molecule has 0 aromatic rings. The molecule has 2 fully saturated rings. The van der Waals surface area contributed by atoms with E-state index in [1.807, 2.05) is 0 Å². The second-order valence-corrected chi connectivity index (χ2v) is 7.43. The van der Waals surface area contributed by atoms with Crippen LogP contribution >= 0.6 is 0 Å². The standard InChI is InChI=1S/C15H22F3N3O4/c1-13(2,3)24-12(23)21-7-9(8-21)11(22)25-20-6-10(19)14(4-5-14)15(16,17)18/h6,9-10H,4-5,7-8,19H2,1-3H3/b20-6-/t10-/m0/s1. The van der Waals surface area contributed by atoms with Crippen LogP contribution in [-0.4, -0.2) is 54.1 Å². The van der Waals surface area contributed by atoms with Crippen molar-refractivity contribution >= 4 is 18.3 Å². The predicted octanol–water partition coefficient (Wildman–Crippen LogP) is 2.05. The SMILES string of the molecule is CC(C)(C)OC(=O)N1CC(C(=O)O/N=C\[C@H](N)C2(C(F)(F)F)CC2)C1. The number of rotatable bonds is 4. The van der Waals surface area contributed by atoms with Gasteiger partial charge in [-0.25, -0.2) is 9.59 Å². The Labute approximate surface area is 143 Å². The summed E-state index contributed by atoms with van der Waals surface area (Å²) in [6.07, 6.45) is -4.27. The highest BCUT2D eigenvalue weighted by atomic mass is 19.4. The molecule has 2 N–H and O–H groups in total. The second-order valence-electron chi connectivity index (χ2n) is 7.43. The number of carbonyl (C=O) groups is 2. The van der Waals surface area contributed by atoms with E-state index in [1.165, 1.54) is 4.90 Å². The fourth-order valence-electron chi connectivity index (χ4n) is 2.41. The predicted molar refractivity (Wildman–Crippen MR) is 81.6 cm³/mol. The van der Waals surface area contributed by atoms with Crippen molar-refractivity contribution in [1.29, 1.82) is 0 Å². The molecule has 1 atom stereocenters. The lowest BCUT2D eigenvalue weighted by Gasteiger charge is -2.37. The molecule has 1 saturated heterocycles. The molecule has 0 spiro atoms. The molecular formula is C15H22F3N3O4. The maximum Gasteiger partial charge on any atom is 0.410 e. The summed E-state index contributed by atoms with van der Waals surface area (Å²) in [6, 6.07) is -1.36. The Morgan fingerprint density at radius 3 is 2.28 bits per heavy atom. The highest BCUT2D eigenvalue weighted by molar-refractivity contribution is 5.79. The highest BCUT2D eigenvalue weighted by Gasteiger charge is 2.66.